The minimum absolute atomic E-state index is 0.0306. The number of aliphatic hydroxyl groups excluding tert-OH is 1. The van der Waals surface area contributed by atoms with Gasteiger partial charge in [-0.15, -0.1) is 0 Å². The van der Waals surface area contributed by atoms with Crippen molar-refractivity contribution >= 4 is 11.6 Å². The van der Waals surface area contributed by atoms with E-state index >= 15 is 0 Å². The molecule has 1 atom stereocenters. The van der Waals surface area contributed by atoms with Crippen molar-refractivity contribution in [3.63, 3.8) is 0 Å². The van der Waals surface area contributed by atoms with E-state index in [-0.39, 0.29) is 18.6 Å². The maximum Gasteiger partial charge on any atom is 0.135 e. The minimum Gasteiger partial charge on any atom is -0.394 e. The van der Waals surface area contributed by atoms with Crippen LogP contribution in [0.2, 0.25) is 0 Å². The van der Waals surface area contributed by atoms with Crippen molar-refractivity contribution in [3.05, 3.63) is 11.4 Å². The molecule has 1 aromatic rings. The van der Waals surface area contributed by atoms with Gasteiger partial charge in [0, 0.05) is 18.0 Å². The summed E-state index contributed by atoms with van der Waals surface area (Å²) in [5.74, 6) is 2.77. The summed E-state index contributed by atoms with van der Waals surface area (Å²) < 4.78 is 0. The molecule has 0 aliphatic rings. The summed E-state index contributed by atoms with van der Waals surface area (Å²) in [5, 5.41) is 15.9. The van der Waals surface area contributed by atoms with Gasteiger partial charge in [-0.3, -0.25) is 0 Å². The minimum atomic E-state index is 0.0306. The normalized spacial score (nSPS) is 12.6. The molecule has 5 nitrogen and oxygen atoms in total. The molecule has 0 saturated carbocycles. The lowest BCUT2D eigenvalue weighted by molar-refractivity contribution is 0.271. The molecule has 1 aromatic heterocycles. The maximum absolute atomic E-state index is 9.31. The fraction of sp³-hybridized carbons (Fsp3) is 0.714. The van der Waals surface area contributed by atoms with Crippen molar-refractivity contribution in [2.45, 2.75) is 53.0 Å². The molecule has 0 amide bonds. The van der Waals surface area contributed by atoms with E-state index in [9.17, 15) is 5.11 Å². The van der Waals surface area contributed by atoms with Gasteiger partial charge < -0.3 is 15.7 Å². The zero-order chi connectivity index (χ0) is 14.4. The molecular weight excluding hydrogens is 240 g/mol. The van der Waals surface area contributed by atoms with Crippen molar-refractivity contribution in [1.29, 1.82) is 0 Å². The highest BCUT2D eigenvalue weighted by atomic mass is 16.3. The summed E-state index contributed by atoms with van der Waals surface area (Å²) in [4.78, 5) is 9.13. The lowest BCUT2D eigenvalue weighted by Gasteiger charge is -2.19. The molecule has 0 aliphatic carbocycles. The Morgan fingerprint density at radius 1 is 1.16 bits per heavy atom. The van der Waals surface area contributed by atoms with Crippen LogP contribution in [0.4, 0.5) is 11.6 Å². The first-order valence-electron chi connectivity index (χ1n) is 7.03. The second-order valence-corrected chi connectivity index (χ2v) is 5.02. The first-order valence-corrected chi connectivity index (χ1v) is 7.03. The van der Waals surface area contributed by atoms with E-state index in [4.69, 9.17) is 0 Å². The summed E-state index contributed by atoms with van der Waals surface area (Å²) in [6.07, 6.45) is 0.855. The molecule has 1 unspecified atom stereocenters. The fourth-order valence-corrected chi connectivity index (χ4v) is 1.74. The van der Waals surface area contributed by atoms with Crippen molar-refractivity contribution in [3.8, 4) is 0 Å². The first kappa shape index (κ1) is 15.7. The van der Waals surface area contributed by atoms with Crippen LogP contribution >= 0.6 is 0 Å². The number of anilines is 2. The van der Waals surface area contributed by atoms with Gasteiger partial charge in [-0.25, -0.2) is 9.97 Å². The molecule has 5 heteroatoms. The van der Waals surface area contributed by atoms with Crippen LogP contribution in [0.1, 0.15) is 51.4 Å². The monoisotopic (exact) mass is 266 g/mol. The lowest BCUT2D eigenvalue weighted by Crippen LogP contribution is -2.24. The van der Waals surface area contributed by atoms with Gasteiger partial charge in [-0.1, -0.05) is 20.8 Å². The Hall–Kier alpha value is -1.36. The van der Waals surface area contributed by atoms with Crippen LogP contribution in [0.3, 0.4) is 0 Å². The van der Waals surface area contributed by atoms with E-state index in [2.05, 4.69) is 34.4 Å². The second kappa shape index (κ2) is 7.28. The molecular formula is C14H26N4O. The highest BCUT2D eigenvalue weighted by molar-refractivity contribution is 5.57. The van der Waals surface area contributed by atoms with Crippen LogP contribution < -0.4 is 10.6 Å². The summed E-state index contributed by atoms with van der Waals surface area (Å²) in [6.45, 7) is 11.2. The summed E-state index contributed by atoms with van der Waals surface area (Å²) >= 11 is 0. The third kappa shape index (κ3) is 4.06. The Balaban J connectivity index is 3.13. The Kier molecular flexibility index (Phi) is 6.02. The number of rotatable bonds is 7. The average Bonchev–Trinajstić information content (AvgIpc) is 2.39. The number of hydrogen-bond acceptors (Lipinski definition) is 5. The number of nitrogens with zero attached hydrogens (tertiary/aromatic N) is 2. The number of hydrogen-bond donors (Lipinski definition) is 3. The van der Waals surface area contributed by atoms with Gasteiger partial charge in [-0.05, 0) is 20.3 Å². The highest BCUT2D eigenvalue weighted by Crippen LogP contribution is 2.23. The molecule has 108 valence electrons. The van der Waals surface area contributed by atoms with Crippen molar-refractivity contribution in [2.24, 2.45) is 0 Å². The summed E-state index contributed by atoms with van der Waals surface area (Å²) in [6, 6.07) is 0.0306. The van der Waals surface area contributed by atoms with Crippen molar-refractivity contribution in [2.75, 3.05) is 23.8 Å². The van der Waals surface area contributed by atoms with Crippen LogP contribution in [-0.2, 0) is 0 Å². The van der Waals surface area contributed by atoms with Gasteiger partial charge >= 0.3 is 0 Å². The van der Waals surface area contributed by atoms with Gasteiger partial charge in [0.25, 0.3) is 0 Å². The topological polar surface area (TPSA) is 70.1 Å². The van der Waals surface area contributed by atoms with E-state index in [1.54, 1.807) is 0 Å². The van der Waals surface area contributed by atoms with E-state index in [0.29, 0.717) is 0 Å². The molecule has 0 spiro atoms. The number of aromatic nitrogens is 2. The van der Waals surface area contributed by atoms with Crippen LogP contribution in [0, 0.1) is 6.92 Å². The number of aliphatic hydroxyl groups is 1. The van der Waals surface area contributed by atoms with Crippen LogP contribution in [-0.4, -0.2) is 34.3 Å². The standard InChI is InChI=1S/C14H26N4O/c1-6-11(8-19)16-14-10(5)13(15-7-2)17-12(18-14)9(3)4/h9,11,19H,6-8H2,1-5H3,(H2,15,16,17,18). The van der Waals surface area contributed by atoms with Crippen LogP contribution in [0.5, 0.6) is 0 Å². The van der Waals surface area contributed by atoms with Crippen LogP contribution in [0.25, 0.3) is 0 Å². The zero-order valence-corrected chi connectivity index (χ0v) is 12.6. The van der Waals surface area contributed by atoms with E-state index in [0.717, 1.165) is 36.0 Å². The van der Waals surface area contributed by atoms with E-state index in [1.807, 2.05) is 20.8 Å². The maximum atomic E-state index is 9.31. The molecule has 0 aliphatic heterocycles. The molecule has 0 bridgehead atoms. The van der Waals surface area contributed by atoms with E-state index < -0.39 is 0 Å². The predicted octanol–water partition coefficient (Wildman–Crippen LogP) is 2.52. The van der Waals surface area contributed by atoms with Gasteiger partial charge in [-0.2, -0.15) is 0 Å². The summed E-state index contributed by atoms with van der Waals surface area (Å²) in [7, 11) is 0. The van der Waals surface area contributed by atoms with E-state index in [1.165, 1.54) is 0 Å². The Morgan fingerprint density at radius 3 is 2.26 bits per heavy atom. The highest BCUT2D eigenvalue weighted by Gasteiger charge is 2.15. The smallest absolute Gasteiger partial charge is 0.135 e. The van der Waals surface area contributed by atoms with Gasteiger partial charge in [0.2, 0.25) is 0 Å². The first-order chi connectivity index (χ1) is 9.03. The van der Waals surface area contributed by atoms with Gasteiger partial charge in [0.15, 0.2) is 0 Å². The van der Waals surface area contributed by atoms with Crippen molar-refractivity contribution in [1.82, 2.24) is 9.97 Å². The molecule has 19 heavy (non-hydrogen) atoms. The number of nitrogens with one attached hydrogen (secondary N) is 2. The predicted molar refractivity (Wildman–Crippen MR) is 79.8 cm³/mol. The average molecular weight is 266 g/mol. The van der Waals surface area contributed by atoms with Gasteiger partial charge in [0.05, 0.1) is 12.6 Å². The molecule has 3 N–H and O–H groups in total. The second-order valence-electron chi connectivity index (χ2n) is 5.02. The molecule has 1 heterocycles. The van der Waals surface area contributed by atoms with Gasteiger partial charge in [0.1, 0.15) is 17.5 Å². The Labute approximate surface area is 115 Å². The van der Waals surface area contributed by atoms with Crippen molar-refractivity contribution < 1.29 is 5.11 Å². The Bertz CT molecular complexity index is 403. The molecule has 0 fully saturated rings. The quantitative estimate of drug-likeness (QED) is 0.707. The zero-order valence-electron chi connectivity index (χ0n) is 12.6. The molecule has 0 aromatic carbocycles. The fourth-order valence-electron chi connectivity index (χ4n) is 1.74. The molecule has 0 saturated heterocycles. The third-order valence-corrected chi connectivity index (χ3v) is 3.08. The summed E-state index contributed by atoms with van der Waals surface area (Å²) in [5.41, 5.74) is 0.998. The lowest BCUT2D eigenvalue weighted by atomic mass is 10.2. The Morgan fingerprint density at radius 2 is 1.79 bits per heavy atom. The molecule has 0 radical (unpaired) electrons. The molecule has 1 rings (SSSR count). The third-order valence-electron chi connectivity index (χ3n) is 3.08. The largest absolute Gasteiger partial charge is 0.394 e. The van der Waals surface area contributed by atoms with Crippen LogP contribution in [0.15, 0.2) is 0 Å². The SMILES string of the molecule is CCNc1nc(C(C)C)nc(NC(CC)CO)c1C.